The number of ether oxygens (including phenoxy) is 2. The summed E-state index contributed by atoms with van der Waals surface area (Å²) in [6.45, 7) is 2.38. The van der Waals surface area contributed by atoms with Gasteiger partial charge in [-0.2, -0.15) is 5.26 Å². The molecule has 0 atom stereocenters. The summed E-state index contributed by atoms with van der Waals surface area (Å²) in [6, 6.07) is 11.4. The van der Waals surface area contributed by atoms with Gasteiger partial charge in [0.25, 0.3) is 0 Å². The molecular weight excluding hydrogens is 240 g/mol. The van der Waals surface area contributed by atoms with Crippen molar-refractivity contribution in [2.24, 2.45) is 0 Å². The van der Waals surface area contributed by atoms with Crippen LogP contribution in [0.1, 0.15) is 12.5 Å². The number of rotatable bonds is 4. The van der Waals surface area contributed by atoms with Crippen LogP contribution in [0.4, 0.5) is 0 Å². The molecule has 4 nitrogen and oxygen atoms in total. The lowest BCUT2D eigenvalue weighted by atomic mass is 10.1. The molecule has 0 aliphatic rings. The minimum Gasteiger partial charge on any atom is -0.497 e. The lowest BCUT2D eigenvalue weighted by Crippen LogP contribution is -1.96. The predicted molar refractivity (Wildman–Crippen MR) is 72.1 cm³/mol. The molecule has 0 bridgehead atoms. The molecule has 1 aromatic heterocycles. The Morgan fingerprint density at radius 3 is 2.84 bits per heavy atom. The van der Waals surface area contributed by atoms with Crippen molar-refractivity contribution >= 4 is 0 Å². The van der Waals surface area contributed by atoms with Crippen molar-refractivity contribution in [3.63, 3.8) is 0 Å². The van der Waals surface area contributed by atoms with Gasteiger partial charge in [-0.3, -0.25) is 4.98 Å². The molecule has 0 aliphatic carbocycles. The lowest BCUT2D eigenvalue weighted by Gasteiger charge is -2.08. The van der Waals surface area contributed by atoms with Crippen LogP contribution in [0.5, 0.6) is 11.5 Å². The van der Waals surface area contributed by atoms with Crippen LogP contribution in [0.3, 0.4) is 0 Å². The molecule has 2 rings (SSSR count). The van der Waals surface area contributed by atoms with Crippen LogP contribution in [-0.4, -0.2) is 18.7 Å². The lowest BCUT2D eigenvalue weighted by molar-refractivity contribution is 0.338. The van der Waals surface area contributed by atoms with Crippen LogP contribution in [0.2, 0.25) is 0 Å². The monoisotopic (exact) mass is 254 g/mol. The van der Waals surface area contributed by atoms with Gasteiger partial charge in [0.2, 0.25) is 0 Å². The van der Waals surface area contributed by atoms with Crippen LogP contribution in [0.25, 0.3) is 11.3 Å². The van der Waals surface area contributed by atoms with Crippen molar-refractivity contribution in [2.75, 3.05) is 13.7 Å². The molecule has 1 heterocycles. The van der Waals surface area contributed by atoms with Crippen LogP contribution in [0, 0.1) is 11.3 Å². The van der Waals surface area contributed by atoms with E-state index in [1.165, 1.54) is 0 Å². The second-order valence-corrected chi connectivity index (χ2v) is 3.84. The first-order chi connectivity index (χ1) is 9.28. The number of pyridine rings is 1. The molecule has 4 heteroatoms. The van der Waals surface area contributed by atoms with Gasteiger partial charge in [0.05, 0.1) is 31.2 Å². The average Bonchev–Trinajstić information content (AvgIpc) is 2.48. The first-order valence-electron chi connectivity index (χ1n) is 5.96. The van der Waals surface area contributed by atoms with E-state index < -0.39 is 0 Å². The molecule has 2 aromatic rings. The molecule has 96 valence electrons. The van der Waals surface area contributed by atoms with Gasteiger partial charge in [-0.1, -0.05) is 12.1 Å². The highest BCUT2D eigenvalue weighted by molar-refractivity contribution is 5.64. The highest BCUT2D eigenvalue weighted by atomic mass is 16.5. The maximum atomic E-state index is 9.13. The first kappa shape index (κ1) is 12.9. The second kappa shape index (κ2) is 5.87. The number of methoxy groups -OCH3 is 1. The molecule has 1 aromatic carbocycles. The van der Waals surface area contributed by atoms with Crippen LogP contribution in [-0.2, 0) is 0 Å². The van der Waals surface area contributed by atoms with Crippen molar-refractivity contribution in [1.29, 1.82) is 5.26 Å². The Morgan fingerprint density at radius 1 is 1.32 bits per heavy atom. The molecule has 0 saturated heterocycles. The van der Waals surface area contributed by atoms with Gasteiger partial charge in [-0.25, -0.2) is 0 Å². The number of aromatic nitrogens is 1. The minimum atomic E-state index is 0.481. The van der Waals surface area contributed by atoms with Gasteiger partial charge in [0, 0.05) is 5.56 Å². The van der Waals surface area contributed by atoms with E-state index in [4.69, 9.17) is 14.7 Å². The molecule has 0 radical (unpaired) electrons. The van der Waals surface area contributed by atoms with Gasteiger partial charge in [0.1, 0.15) is 11.8 Å². The minimum absolute atomic E-state index is 0.481. The summed E-state index contributed by atoms with van der Waals surface area (Å²) in [4.78, 5) is 4.32. The summed E-state index contributed by atoms with van der Waals surface area (Å²) in [5.74, 6) is 1.27. The fourth-order valence-electron chi connectivity index (χ4n) is 1.74. The van der Waals surface area contributed by atoms with Gasteiger partial charge in [0.15, 0.2) is 5.75 Å². The van der Waals surface area contributed by atoms with E-state index >= 15 is 0 Å². The van der Waals surface area contributed by atoms with Gasteiger partial charge >= 0.3 is 0 Å². The zero-order valence-electron chi connectivity index (χ0n) is 10.9. The molecule has 19 heavy (non-hydrogen) atoms. The third-order valence-corrected chi connectivity index (χ3v) is 2.65. The van der Waals surface area contributed by atoms with Crippen molar-refractivity contribution in [3.8, 4) is 28.8 Å². The van der Waals surface area contributed by atoms with Crippen molar-refractivity contribution < 1.29 is 9.47 Å². The van der Waals surface area contributed by atoms with Gasteiger partial charge in [-0.05, 0) is 25.1 Å². The Hall–Kier alpha value is -2.54. The number of nitriles is 1. The van der Waals surface area contributed by atoms with E-state index in [0.29, 0.717) is 17.9 Å². The standard InChI is InChI=1S/C15H14N2O2/c1-3-19-15-10-17-14(8-12(15)9-16)11-5-4-6-13(7-11)18-2/h4-8,10H,3H2,1-2H3. The molecule has 0 fully saturated rings. The molecule has 0 amide bonds. The number of benzene rings is 1. The summed E-state index contributed by atoms with van der Waals surface area (Å²) in [5, 5.41) is 9.13. The fraction of sp³-hybridized carbons (Fsp3) is 0.200. The van der Waals surface area contributed by atoms with Gasteiger partial charge in [-0.15, -0.1) is 0 Å². The highest BCUT2D eigenvalue weighted by Gasteiger charge is 2.08. The Morgan fingerprint density at radius 2 is 2.16 bits per heavy atom. The molecule has 0 saturated carbocycles. The van der Waals surface area contributed by atoms with E-state index in [1.54, 1.807) is 19.4 Å². The summed E-state index contributed by atoms with van der Waals surface area (Å²) in [6.07, 6.45) is 1.58. The largest absolute Gasteiger partial charge is 0.497 e. The van der Waals surface area contributed by atoms with Crippen LogP contribution in [0.15, 0.2) is 36.5 Å². The van der Waals surface area contributed by atoms with E-state index in [0.717, 1.165) is 17.0 Å². The molecule has 0 spiro atoms. The van der Waals surface area contributed by atoms with E-state index in [1.807, 2.05) is 31.2 Å². The Labute approximate surface area is 112 Å². The Bertz CT molecular complexity index is 618. The third kappa shape index (κ3) is 2.83. The zero-order valence-corrected chi connectivity index (χ0v) is 10.9. The Balaban J connectivity index is 2.43. The van der Waals surface area contributed by atoms with Crippen molar-refractivity contribution in [2.45, 2.75) is 6.92 Å². The first-order valence-corrected chi connectivity index (χ1v) is 5.96. The van der Waals surface area contributed by atoms with Crippen molar-refractivity contribution in [3.05, 3.63) is 42.1 Å². The average molecular weight is 254 g/mol. The second-order valence-electron chi connectivity index (χ2n) is 3.84. The normalized spacial score (nSPS) is 9.74. The van der Waals surface area contributed by atoms with Crippen LogP contribution >= 0.6 is 0 Å². The number of hydrogen-bond acceptors (Lipinski definition) is 4. The van der Waals surface area contributed by atoms with E-state index in [2.05, 4.69) is 11.1 Å². The fourth-order valence-corrected chi connectivity index (χ4v) is 1.74. The van der Waals surface area contributed by atoms with E-state index in [9.17, 15) is 0 Å². The summed E-state index contributed by atoms with van der Waals surface area (Å²) < 4.78 is 10.5. The SMILES string of the molecule is CCOc1cnc(-c2cccc(OC)c2)cc1C#N. The number of hydrogen-bond donors (Lipinski definition) is 0. The maximum absolute atomic E-state index is 9.13. The summed E-state index contributed by atoms with van der Waals surface area (Å²) in [7, 11) is 1.62. The smallest absolute Gasteiger partial charge is 0.155 e. The molecule has 0 aliphatic heterocycles. The zero-order chi connectivity index (χ0) is 13.7. The quantitative estimate of drug-likeness (QED) is 0.841. The summed E-state index contributed by atoms with van der Waals surface area (Å²) >= 11 is 0. The maximum Gasteiger partial charge on any atom is 0.155 e. The van der Waals surface area contributed by atoms with Gasteiger partial charge < -0.3 is 9.47 Å². The van der Waals surface area contributed by atoms with Crippen molar-refractivity contribution in [1.82, 2.24) is 4.98 Å². The van der Waals surface area contributed by atoms with E-state index in [-0.39, 0.29) is 0 Å². The number of nitrogens with zero attached hydrogens (tertiary/aromatic N) is 2. The summed E-state index contributed by atoms with van der Waals surface area (Å²) in [5.41, 5.74) is 2.10. The molecule has 0 unspecified atom stereocenters. The highest BCUT2D eigenvalue weighted by Crippen LogP contribution is 2.26. The third-order valence-electron chi connectivity index (χ3n) is 2.65. The Kier molecular flexibility index (Phi) is 3.99. The van der Waals surface area contributed by atoms with Crippen LogP contribution < -0.4 is 9.47 Å². The predicted octanol–water partition coefficient (Wildman–Crippen LogP) is 3.03. The molecule has 0 N–H and O–H groups in total. The molecular formula is C15H14N2O2. The topological polar surface area (TPSA) is 55.1 Å².